The summed E-state index contributed by atoms with van der Waals surface area (Å²) in [5.74, 6) is -0.0792. The Bertz CT molecular complexity index is 456. The minimum Gasteiger partial charge on any atom is -0.351 e. The van der Waals surface area contributed by atoms with E-state index in [1.54, 1.807) is 18.3 Å². The number of aromatic nitrogens is 1. The molecule has 19 heavy (non-hydrogen) atoms. The van der Waals surface area contributed by atoms with Gasteiger partial charge in [0.2, 0.25) is 0 Å². The highest BCUT2D eigenvalue weighted by Crippen LogP contribution is 2.29. The molecule has 0 unspecified atom stereocenters. The fraction of sp³-hybridized carbons (Fsp3) is 0.571. The van der Waals surface area contributed by atoms with Crippen LogP contribution in [-0.2, 0) is 0 Å². The van der Waals surface area contributed by atoms with Crippen LogP contribution in [0, 0.1) is 5.41 Å². The first-order valence-electron chi connectivity index (χ1n) is 6.57. The van der Waals surface area contributed by atoms with E-state index < -0.39 is 0 Å². The molecule has 5 heteroatoms. The molecule has 2 heterocycles. The first kappa shape index (κ1) is 14.3. The Balaban J connectivity index is 1.90. The van der Waals surface area contributed by atoms with E-state index in [1.165, 1.54) is 0 Å². The maximum absolute atomic E-state index is 12.0. The average molecular weight is 282 g/mol. The maximum Gasteiger partial charge on any atom is 0.251 e. The second kappa shape index (κ2) is 5.88. The van der Waals surface area contributed by atoms with E-state index in [0.29, 0.717) is 17.3 Å². The van der Waals surface area contributed by atoms with Gasteiger partial charge in [-0.15, -0.1) is 0 Å². The summed E-state index contributed by atoms with van der Waals surface area (Å²) in [4.78, 5) is 18.2. The number of hydrogen-bond donors (Lipinski definition) is 1. The Kier molecular flexibility index (Phi) is 4.42. The molecule has 0 aromatic carbocycles. The molecule has 0 bridgehead atoms. The predicted octanol–water partition coefficient (Wildman–Crippen LogP) is 2.20. The SMILES string of the molecule is CN1CCC(C)(CNC(=O)c2ccnc(Cl)c2)CC1. The summed E-state index contributed by atoms with van der Waals surface area (Å²) < 4.78 is 0. The third-order valence-corrected chi connectivity index (χ3v) is 4.07. The van der Waals surface area contributed by atoms with Crippen molar-refractivity contribution in [2.75, 3.05) is 26.7 Å². The molecule has 4 nitrogen and oxygen atoms in total. The van der Waals surface area contributed by atoms with E-state index in [1.807, 2.05) is 0 Å². The lowest BCUT2D eigenvalue weighted by atomic mass is 9.80. The second-order valence-corrected chi connectivity index (χ2v) is 6.05. The van der Waals surface area contributed by atoms with Crippen molar-refractivity contribution in [1.29, 1.82) is 0 Å². The van der Waals surface area contributed by atoms with E-state index in [9.17, 15) is 4.79 Å². The molecule has 0 radical (unpaired) electrons. The van der Waals surface area contributed by atoms with Gasteiger partial charge in [0.15, 0.2) is 0 Å². The van der Waals surface area contributed by atoms with Gasteiger partial charge in [-0.2, -0.15) is 0 Å². The number of pyridine rings is 1. The number of carbonyl (C=O) groups excluding carboxylic acids is 1. The summed E-state index contributed by atoms with van der Waals surface area (Å²) in [6.07, 6.45) is 3.77. The third-order valence-electron chi connectivity index (χ3n) is 3.86. The molecular formula is C14H20ClN3O. The van der Waals surface area contributed by atoms with Gasteiger partial charge in [0.1, 0.15) is 5.15 Å². The van der Waals surface area contributed by atoms with E-state index >= 15 is 0 Å². The molecule has 104 valence electrons. The number of hydrogen-bond acceptors (Lipinski definition) is 3. The van der Waals surface area contributed by atoms with Crippen LogP contribution in [0.5, 0.6) is 0 Å². The van der Waals surface area contributed by atoms with Gasteiger partial charge < -0.3 is 10.2 Å². The van der Waals surface area contributed by atoms with Gasteiger partial charge >= 0.3 is 0 Å². The number of rotatable bonds is 3. The van der Waals surface area contributed by atoms with Crippen molar-refractivity contribution in [2.24, 2.45) is 5.41 Å². The van der Waals surface area contributed by atoms with E-state index in [0.717, 1.165) is 25.9 Å². The third kappa shape index (κ3) is 3.91. The van der Waals surface area contributed by atoms with Crippen LogP contribution in [0.15, 0.2) is 18.3 Å². The van der Waals surface area contributed by atoms with Crippen molar-refractivity contribution < 1.29 is 4.79 Å². The number of carbonyl (C=O) groups is 1. The topological polar surface area (TPSA) is 45.2 Å². The molecule has 1 fully saturated rings. The second-order valence-electron chi connectivity index (χ2n) is 5.66. The largest absolute Gasteiger partial charge is 0.351 e. The molecule has 2 rings (SSSR count). The fourth-order valence-electron chi connectivity index (χ4n) is 2.27. The van der Waals surface area contributed by atoms with Crippen molar-refractivity contribution in [2.45, 2.75) is 19.8 Å². The predicted molar refractivity (Wildman–Crippen MR) is 76.4 cm³/mol. The van der Waals surface area contributed by atoms with Crippen LogP contribution in [0.3, 0.4) is 0 Å². The zero-order valence-corrected chi connectivity index (χ0v) is 12.2. The molecule has 0 saturated carbocycles. The van der Waals surface area contributed by atoms with Gasteiger partial charge in [0, 0.05) is 18.3 Å². The molecule has 1 aromatic rings. The summed E-state index contributed by atoms with van der Waals surface area (Å²) in [5.41, 5.74) is 0.760. The van der Waals surface area contributed by atoms with Crippen LogP contribution >= 0.6 is 11.6 Å². The molecule has 1 N–H and O–H groups in total. The molecule has 1 aromatic heterocycles. The smallest absolute Gasteiger partial charge is 0.251 e. The van der Waals surface area contributed by atoms with Crippen molar-refractivity contribution in [3.63, 3.8) is 0 Å². The lowest BCUT2D eigenvalue weighted by Crippen LogP contribution is -2.43. The monoisotopic (exact) mass is 281 g/mol. The first-order valence-corrected chi connectivity index (χ1v) is 6.95. The van der Waals surface area contributed by atoms with Crippen LogP contribution in [0.4, 0.5) is 0 Å². The standard InChI is InChI=1S/C14H20ClN3O/c1-14(4-7-18(2)8-5-14)10-17-13(19)11-3-6-16-12(15)9-11/h3,6,9H,4-5,7-8,10H2,1-2H3,(H,17,19). The maximum atomic E-state index is 12.0. The first-order chi connectivity index (χ1) is 8.98. The van der Waals surface area contributed by atoms with Crippen molar-refractivity contribution in [3.05, 3.63) is 29.0 Å². The Labute approximate surface area is 119 Å². The Morgan fingerprint density at radius 3 is 2.84 bits per heavy atom. The van der Waals surface area contributed by atoms with Gasteiger partial charge in [-0.25, -0.2) is 4.98 Å². The van der Waals surface area contributed by atoms with Gasteiger partial charge in [-0.1, -0.05) is 18.5 Å². The molecular weight excluding hydrogens is 262 g/mol. The van der Waals surface area contributed by atoms with Gasteiger partial charge in [-0.05, 0) is 50.5 Å². The number of likely N-dealkylation sites (tertiary alicyclic amines) is 1. The number of piperidine rings is 1. The molecule has 0 spiro atoms. The minimum atomic E-state index is -0.0792. The van der Waals surface area contributed by atoms with Crippen molar-refractivity contribution in [1.82, 2.24) is 15.2 Å². The molecule has 1 saturated heterocycles. The van der Waals surface area contributed by atoms with Gasteiger partial charge in [-0.3, -0.25) is 4.79 Å². The lowest BCUT2D eigenvalue weighted by Gasteiger charge is -2.37. The summed E-state index contributed by atoms with van der Waals surface area (Å²) >= 11 is 5.78. The van der Waals surface area contributed by atoms with Crippen LogP contribution in [0.2, 0.25) is 5.15 Å². The Hall–Kier alpha value is -1.13. The highest BCUT2D eigenvalue weighted by atomic mass is 35.5. The molecule has 1 aliphatic heterocycles. The van der Waals surface area contributed by atoms with Crippen molar-refractivity contribution in [3.8, 4) is 0 Å². The Morgan fingerprint density at radius 2 is 2.21 bits per heavy atom. The highest BCUT2D eigenvalue weighted by molar-refractivity contribution is 6.29. The van der Waals surface area contributed by atoms with Crippen molar-refractivity contribution >= 4 is 17.5 Å². The quantitative estimate of drug-likeness (QED) is 0.864. The zero-order chi connectivity index (χ0) is 13.9. The number of halogens is 1. The van der Waals surface area contributed by atoms with Crippen LogP contribution in [-0.4, -0.2) is 42.5 Å². The Morgan fingerprint density at radius 1 is 1.53 bits per heavy atom. The molecule has 0 aliphatic carbocycles. The number of amides is 1. The minimum absolute atomic E-state index is 0.0792. The highest BCUT2D eigenvalue weighted by Gasteiger charge is 2.29. The fourth-order valence-corrected chi connectivity index (χ4v) is 2.45. The van der Waals surface area contributed by atoms with Crippen LogP contribution in [0.25, 0.3) is 0 Å². The number of nitrogens with one attached hydrogen (secondary N) is 1. The van der Waals surface area contributed by atoms with E-state index in [-0.39, 0.29) is 11.3 Å². The van der Waals surface area contributed by atoms with Crippen LogP contribution < -0.4 is 5.32 Å². The van der Waals surface area contributed by atoms with Crippen LogP contribution in [0.1, 0.15) is 30.1 Å². The summed E-state index contributed by atoms with van der Waals surface area (Å²) in [6.45, 7) is 5.13. The average Bonchev–Trinajstić information content (AvgIpc) is 2.40. The van der Waals surface area contributed by atoms with Gasteiger partial charge in [0.05, 0.1) is 0 Å². The lowest BCUT2D eigenvalue weighted by molar-refractivity contribution is 0.0891. The summed E-state index contributed by atoms with van der Waals surface area (Å²) in [7, 11) is 2.14. The summed E-state index contributed by atoms with van der Waals surface area (Å²) in [6, 6.07) is 3.27. The van der Waals surface area contributed by atoms with E-state index in [2.05, 4.69) is 29.2 Å². The number of nitrogens with zero attached hydrogens (tertiary/aromatic N) is 2. The molecule has 1 amide bonds. The zero-order valence-electron chi connectivity index (χ0n) is 11.4. The van der Waals surface area contributed by atoms with E-state index in [4.69, 9.17) is 11.6 Å². The summed E-state index contributed by atoms with van der Waals surface area (Å²) in [5, 5.41) is 3.35. The van der Waals surface area contributed by atoms with Gasteiger partial charge in [0.25, 0.3) is 5.91 Å². The molecule has 0 atom stereocenters. The normalized spacial score (nSPS) is 19.1. The molecule has 1 aliphatic rings.